The van der Waals surface area contributed by atoms with Crippen LogP contribution in [-0.2, 0) is 16.0 Å². The lowest BCUT2D eigenvalue weighted by Crippen LogP contribution is -2.52. The molecule has 2 amide bonds. The average Bonchev–Trinajstić information content (AvgIpc) is 3.37. The molecule has 1 heterocycles. The Kier molecular flexibility index (Phi) is 4.32. The van der Waals surface area contributed by atoms with Gasteiger partial charge in [-0.25, -0.2) is 0 Å². The molecule has 0 aromatic heterocycles. The smallest absolute Gasteiger partial charge is 0.242 e. The van der Waals surface area contributed by atoms with Gasteiger partial charge in [-0.2, -0.15) is 0 Å². The van der Waals surface area contributed by atoms with E-state index in [0.717, 1.165) is 24.2 Å². The summed E-state index contributed by atoms with van der Waals surface area (Å²) in [5.41, 5.74) is 1.03. The Morgan fingerprint density at radius 1 is 1.27 bits per heavy atom. The van der Waals surface area contributed by atoms with Gasteiger partial charge in [0.2, 0.25) is 11.8 Å². The van der Waals surface area contributed by atoms with Crippen molar-refractivity contribution >= 4 is 11.8 Å². The summed E-state index contributed by atoms with van der Waals surface area (Å²) in [5, 5.41) is 0. The average molecular weight is 302 g/mol. The van der Waals surface area contributed by atoms with Gasteiger partial charge in [0.1, 0.15) is 5.75 Å². The maximum atomic E-state index is 12.3. The number of nitrogens with zero attached hydrogens (tertiary/aromatic N) is 2. The Morgan fingerprint density at radius 3 is 2.73 bits per heavy atom. The predicted octanol–water partition coefficient (Wildman–Crippen LogP) is 1.46. The molecule has 118 valence electrons. The fraction of sp³-hybridized carbons (Fsp3) is 0.529. The second-order valence-electron chi connectivity index (χ2n) is 5.95. The van der Waals surface area contributed by atoms with E-state index in [4.69, 9.17) is 4.74 Å². The molecule has 1 aromatic rings. The largest absolute Gasteiger partial charge is 0.496 e. The van der Waals surface area contributed by atoms with E-state index in [1.807, 2.05) is 29.2 Å². The summed E-state index contributed by atoms with van der Waals surface area (Å²) in [6.45, 7) is 1.58. The molecule has 0 bridgehead atoms. The number of carbonyl (C=O) groups excluding carboxylic acids is 2. The summed E-state index contributed by atoms with van der Waals surface area (Å²) in [7, 11) is 1.64. The van der Waals surface area contributed by atoms with Gasteiger partial charge in [0.15, 0.2) is 0 Å². The third-order valence-electron chi connectivity index (χ3n) is 4.40. The fourth-order valence-electron chi connectivity index (χ4n) is 2.98. The zero-order chi connectivity index (χ0) is 15.5. The van der Waals surface area contributed by atoms with Crippen molar-refractivity contribution in [3.8, 4) is 5.75 Å². The topological polar surface area (TPSA) is 49.9 Å². The van der Waals surface area contributed by atoms with E-state index in [1.54, 1.807) is 12.0 Å². The van der Waals surface area contributed by atoms with Crippen LogP contribution in [0.4, 0.5) is 0 Å². The lowest BCUT2D eigenvalue weighted by atomic mass is 10.1. The van der Waals surface area contributed by atoms with E-state index < -0.39 is 0 Å². The van der Waals surface area contributed by atoms with Crippen molar-refractivity contribution in [1.29, 1.82) is 0 Å². The van der Waals surface area contributed by atoms with Crippen molar-refractivity contribution in [2.45, 2.75) is 31.7 Å². The molecule has 5 nitrogen and oxygen atoms in total. The first kappa shape index (κ1) is 14.9. The van der Waals surface area contributed by atoms with Crippen LogP contribution in [0.25, 0.3) is 0 Å². The molecular weight excluding hydrogens is 280 g/mol. The molecule has 1 aromatic carbocycles. The maximum Gasteiger partial charge on any atom is 0.242 e. The van der Waals surface area contributed by atoms with E-state index >= 15 is 0 Å². The predicted molar refractivity (Wildman–Crippen MR) is 82.6 cm³/mol. The SMILES string of the molecule is COc1ccccc1CCC(=O)N1CCN(C2CC2)C(=O)C1. The van der Waals surface area contributed by atoms with Crippen LogP contribution in [0.5, 0.6) is 5.75 Å². The molecular formula is C17H22N2O3. The lowest BCUT2D eigenvalue weighted by Gasteiger charge is -2.34. The van der Waals surface area contributed by atoms with Gasteiger partial charge in [-0.3, -0.25) is 9.59 Å². The van der Waals surface area contributed by atoms with Crippen LogP contribution in [0.2, 0.25) is 0 Å². The third-order valence-corrected chi connectivity index (χ3v) is 4.40. The van der Waals surface area contributed by atoms with Gasteiger partial charge < -0.3 is 14.5 Å². The van der Waals surface area contributed by atoms with Crippen molar-refractivity contribution in [3.05, 3.63) is 29.8 Å². The molecule has 22 heavy (non-hydrogen) atoms. The monoisotopic (exact) mass is 302 g/mol. The van der Waals surface area contributed by atoms with Crippen LogP contribution in [0, 0.1) is 0 Å². The summed E-state index contributed by atoms with van der Waals surface area (Å²) in [6, 6.07) is 8.18. The van der Waals surface area contributed by atoms with Gasteiger partial charge in [-0.1, -0.05) is 18.2 Å². The summed E-state index contributed by atoms with van der Waals surface area (Å²) >= 11 is 0. The number of amides is 2. The molecule has 2 fully saturated rings. The Bertz CT molecular complexity index is 569. The Morgan fingerprint density at radius 2 is 2.05 bits per heavy atom. The van der Waals surface area contributed by atoms with Crippen LogP contribution in [0.3, 0.4) is 0 Å². The number of aryl methyl sites for hydroxylation is 1. The first-order chi connectivity index (χ1) is 10.7. The van der Waals surface area contributed by atoms with Crippen LogP contribution in [0.15, 0.2) is 24.3 Å². The molecule has 5 heteroatoms. The van der Waals surface area contributed by atoms with Crippen molar-refractivity contribution in [2.75, 3.05) is 26.7 Å². The van der Waals surface area contributed by atoms with E-state index in [1.165, 1.54) is 0 Å². The van der Waals surface area contributed by atoms with Crippen molar-refractivity contribution < 1.29 is 14.3 Å². The van der Waals surface area contributed by atoms with Gasteiger partial charge in [-0.15, -0.1) is 0 Å². The zero-order valence-corrected chi connectivity index (χ0v) is 13.0. The molecule has 0 unspecified atom stereocenters. The van der Waals surface area contributed by atoms with E-state index in [0.29, 0.717) is 32.0 Å². The van der Waals surface area contributed by atoms with E-state index in [-0.39, 0.29) is 18.4 Å². The highest BCUT2D eigenvalue weighted by Gasteiger charge is 2.36. The molecule has 1 aliphatic heterocycles. The zero-order valence-electron chi connectivity index (χ0n) is 13.0. The number of hydrogen-bond donors (Lipinski definition) is 0. The van der Waals surface area contributed by atoms with Gasteiger partial charge in [0, 0.05) is 25.6 Å². The van der Waals surface area contributed by atoms with E-state index in [2.05, 4.69) is 0 Å². The summed E-state index contributed by atoms with van der Waals surface area (Å²) < 4.78 is 5.30. The first-order valence-electron chi connectivity index (χ1n) is 7.88. The molecule has 1 saturated heterocycles. The number of benzene rings is 1. The number of rotatable bonds is 5. The van der Waals surface area contributed by atoms with Crippen molar-refractivity contribution in [2.24, 2.45) is 0 Å². The Balaban J connectivity index is 1.53. The number of carbonyl (C=O) groups is 2. The number of ether oxygens (including phenoxy) is 1. The standard InChI is InChI=1S/C17H22N2O3/c1-22-15-5-3-2-4-13(15)6-9-16(20)18-10-11-19(14-7-8-14)17(21)12-18/h2-5,14H,6-12H2,1H3. The van der Waals surface area contributed by atoms with Gasteiger partial charge in [0.25, 0.3) is 0 Å². The van der Waals surface area contributed by atoms with Crippen LogP contribution in [-0.4, -0.2) is 54.4 Å². The quantitative estimate of drug-likeness (QED) is 0.827. The molecule has 0 atom stereocenters. The molecule has 3 rings (SSSR count). The summed E-state index contributed by atoms with van der Waals surface area (Å²) in [4.78, 5) is 28.0. The summed E-state index contributed by atoms with van der Waals surface area (Å²) in [5.74, 6) is 0.957. The third kappa shape index (κ3) is 3.24. The van der Waals surface area contributed by atoms with Crippen molar-refractivity contribution in [3.63, 3.8) is 0 Å². The number of para-hydroxylation sites is 1. The van der Waals surface area contributed by atoms with Crippen molar-refractivity contribution in [1.82, 2.24) is 9.80 Å². The van der Waals surface area contributed by atoms with Crippen LogP contribution >= 0.6 is 0 Å². The van der Waals surface area contributed by atoms with Crippen LogP contribution in [0.1, 0.15) is 24.8 Å². The molecule has 2 aliphatic rings. The minimum absolute atomic E-state index is 0.0507. The molecule has 0 spiro atoms. The number of hydrogen-bond acceptors (Lipinski definition) is 3. The highest BCUT2D eigenvalue weighted by Crippen LogP contribution is 2.28. The minimum Gasteiger partial charge on any atom is -0.496 e. The number of methoxy groups -OCH3 is 1. The highest BCUT2D eigenvalue weighted by molar-refractivity contribution is 5.86. The number of piperazine rings is 1. The Labute approximate surface area is 130 Å². The maximum absolute atomic E-state index is 12.3. The lowest BCUT2D eigenvalue weighted by molar-refractivity contribution is -0.145. The molecule has 1 saturated carbocycles. The minimum atomic E-state index is 0.0507. The normalized spacial score (nSPS) is 18.5. The Hall–Kier alpha value is -2.04. The second kappa shape index (κ2) is 6.38. The fourth-order valence-corrected chi connectivity index (χ4v) is 2.98. The van der Waals surface area contributed by atoms with Crippen LogP contribution < -0.4 is 4.74 Å². The first-order valence-corrected chi connectivity index (χ1v) is 7.88. The molecule has 1 aliphatic carbocycles. The van der Waals surface area contributed by atoms with Gasteiger partial charge >= 0.3 is 0 Å². The molecule has 0 radical (unpaired) electrons. The van der Waals surface area contributed by atoms with E-state index in [9.17, 15) is 9.59 Å². The highest BCUT2D eigenvalue weighted by atomic mass is 16.5. The summed E-state index contributed by atoms with van der Waals surface area (Å²) in [6.07, 6.45) is 3.29. The second-order valence-corrected chi connectivity index (χ2v) is 5.95. The van der Waals surface area contributed by atoms with Gasteiger partial charge in [0.05, 0.1) is 13.7 Å². The molecule has 0 N–H and O–H groups in total. The van der Waals surface area contributed by atoms with Gasteiger partial charge in [-0.05, 0) is 30.9 Å².